The van der Waals surface area contributed by atoms with Crippen molar-refractivity contribution >= 4 is 15.5 Å². The molecule has 134 valence electrons. The topological polar surface area (TPSA) is 62.0 Å². The second kappa shape index (κ2) is 7.23. The highest BCUT2D eigenvalue weighted by Gasteiger charge is 2.57. The SMILES string of the molecule is CCCCCS1(Cc2ccccc2)=NC(=O)CC(O)(C(F)(F)F)N=1. The summed E-state index contributed by atoms with van der Waals surface area (Å²) in [5, 5.41) is 10.00. The summed E-state index contributed by atoms with van der Waals surface area (Å²) in [5.74, 6) is -0.506. The zero-order valence-corrected chi connectivity index (χ0v) is 14.2. The molecule has 2 atom stereocenters. The highest BCUT2D eigenvalue weighted by Crippen LogP contribution is 2.39. The molecule has 1 heterocycles. The van der Waals surface area contributed by atoms with Gasteiger partial charge in [-0.2, -0.15) is 17.5 Å². The van der Waals surface area contributed by atoms with Crippen molar-refractivity contribution in [1.29, 1.82) is 0 Å². The van der Waals surface area contributed by atoms with E-state index in [1.54, 1.807) is 30.3 Å². The monoisotopic (exact) mass is 362 g/mol. The third-order valence-electron chi connectivity index (χ3n) is 3.76. The van der Waals surface area contributed by atoms with Crippen molar-refractivity contribution in [2.24, 2.45) is 8.73 Å². The largest absolute Gasteiger partial charge is 0.439 e. The van der Waals surface area contributed by atoms with Crippen molar-refractivity contribution in [3.8, 4) is 0 Å². The van der Waals surface area contributed by atoms with E-state index in [1.807, 2.05) is 6.92 Å². The molecule has 24 heavy (non-hydrogen) atoms. The Morgan fingerprint density at radius 3 is 2.50 bits per heavy atom. The molecular weight excluding hydrogens is 341 g/mol. The predicted molar refractivity (Wildman–Crippen MR) is 87.4 cm³/mol. The van der Waals surface area contributed by atoms with E-state index >= 15 is 0 Å². The minimum Gasteiger partial charge on any atom is -0.361 e. The van der Waals surface area contributed by atoms with Gasteiger partial charge in [0.15, 0.2) is 0 Å². The molecule has 0 fully saturated rings. The second-order valence-electron chi connectivity index (χ2n) is 5.91. The van der Waals surface area contributed by atoms with Gasteiger partial charge in [0.05, 0.1) is 6.42 Å². The number of hydrogen-bond donors (Lipinski definition) is 1. The molecule has 1 amide bonds. The molecule has 1 aliphatic heterocycles. The molecule has 2 unspecified atom stereocenters. The Morgan fingerprint density at radius 2 is 1.92 bits per heavy atom. The first kappa shape index (κ1) is 18.9. The van der Waals surface area contributed by atoms with Crippen LogP contribution in [0.2, 0.25) is 0 Å². The number of alkyl halides is 3. The van der Waals surface area contributed by atoms with Gasteiger partial charge in [0.2, 0.25) is 0 Å². The minimum absolute atomic E-state index is 0.141. The smallest absolute Gasteiger partial charge is 0.361 e. The van der Waals surface area contributed by atoms with Crippen LogP contribution in [0.25, 0.3) is 0 Å². The summed E-state index contributed by atoms with van der Waals surface area (Å²) in [5.41, 5.74) is -2.57. The Labute approximate surface area is 139 Å². The van der Waals surface area contributed by atoms with E-state index in [2.05, 4.69) is 8.73 Å². The number of benzene rings is 1. The normalized spacial score (nSPS) is 27.5. The average Bonchev–Trinajstić information content (AvgIpc) is 2.46. The lowest BCUT2D eigenvalue weighted by Gasteiger charge is -2.31. The molecule has 0 saturated carbocycles. The van der Waals surface area contributed by atoms with Crippen LogP contribution in [0.3, 0.4) is 0 Å². The molecule has 0 bridgehead atoms. The lowest BCUT2D eigenvalue weighted by atomic mass is 10.1. The third-order valence-corrected chi connectivity index (χ3v) is 6.68. The van der Waals surface area contributed by atoms with Crippen LogP contribution in [0.1, 0.15) is 38.2 Å². The first-order chi connectivity index (χ1) is 11.2. The van der Waals surface area contributed by atoms with Gasteiger partial charge in [-0.05, 0) is 21.6 Å². The number of aliphatic hydroxyl groups is 1. The second-order valence-corrected chi connectivity index (χ2v) is 8.58. The molecule has 2 rings (SSSR count). The Balaban J connectivity index is 2.51. The van der Waals surface area contributed by atoms with Crippen LogP contribution in [-0.2, 0) is 20.2 Å². The highest BCUT2D eigenvalue weighted by molar-refractivity contribution is 7.95. The Kier molecular flexibility index (Phi) is 5.70. The predicted octanol–water partition coefficient (Wildman–Crippen LogP) is 4.08. The fourth-order valence-electron chi connectivity index (χ4n) is 2.57. The molecule has 0 aromatic heterocycles. The van der Waals surface area contributed by atoms with Crippen molar-refractivity contribution in [1.82, 2.24) is 0 Å². The summed E-state index contributed by atoms with van der Waals surface area (Å²) < 4.78 is 47.5. The fraction of sp³-hybridized carbons (Fsp3) is 0.562. The van der Waals surface area contributed by atoms with Crippen LogP contribution < -0.4 is 0 Å². The maximum atomic E-state index is 13.2. The molecule has 0 aliphatic carbocycles. The van der Waals surface area contributed by atoms with Gasteiger partial charge in [-0.3, -0.25) is 4.79 Å². The number of nitrogens with zero attached hydrogens (tertiary/aromatic N) is 2. The summed E-state index contributed by atoms with van der Waals surface area (Å²) in [4.78, 5) is 11.9. The van der Waals surface area contributed by atoms with Crippen LogP contribution >= 0.6 is 0 Å². The lowest BCUT2D eigenvalue weighted by molar-refractivity contribution is -0.256. The van der Waals surface area contributed by atoms with Gasteiger partial charge < -0.3 is 5.11 Å². The Bertz CT molecular complexity index is 710. The maximum Gasteiger partial charge on any atom is 0.439 e. The number of amides is 1. The van der Waals surface area contributed by atoms with E-state index in [0.717, 1.165) is 18.4 Å². The zero-order chi connectivity index (χ0) is 17.8. The molecule has 0 saturated heterocycles. The molecule has 1 aromatic rings. The number of halogens is 3. The van der Waals surface area contributed by atoms with Gasteiger partial charge in [0.25, 0.3) is 11.6 Å². The lowest BCUT2D eigenvalue weighted by Crippen LogP contribution is -2.47. The minimum atomic E-state index is -4.99. The van der Waals surface area contributed by atoms with Gasteiger partial charge in [-0.1, -0.05) is 50.1 Å². The van der Waals surface area contributed by atoms with Crippen molar-refractivity contribution in [3.05, 3.63) is 35.9 Å². The summed E-state index contributed by atoms with van der Waals surface area (Å²) >= 11 is 0. The Morgan fingerprint density at radius 1 is 1.25 bits per heavy atom. The summed E-state index contributed by atoms with van der Waals surface area (Å²) in [6, 6.07) is 8.88. The number of carbonyl (C=O) groups is 1. The molecule has 1 N–H and O–H groups in total. The van der Waals surface area contributed by atoms with Crippen molar-refractivity contribution < 1.29 is 23.1 Å². The van der Waals surface area contributed by atoms with Crippen molar-refractivity contribution in [3.63, 3.8) is 0 Å². The van der Waals surface area contributed by atoms with E-state index in [-0.39, 0.29) is 11.5 Å². The van der Waals surface area contributed by atoms with Gasteiger partial charge >= 0.3 is 6.18 Å². The van der Waals surface area contributed by atoms with E-state index in [1.165, 1.54) is 0 Å². The molecular formula is C16H21F3N2O2S. The first-order valence-electron chi connectivity index (χ1n) is 7.81. The highest BCUT2D eigenvalue weighted by atomic mass is 32.2. The molecule has 1 aromatic carbocycles. The zero-order valence-electron chi connectivity index (χ0n) is 13.4. The quantitative estimate of drug-likeness (QED) is 0.775. The molecule has 4 nitrogen and oxygen atoms in total. The van der Waals surface area contributed by atoms with Crippen LogP contribution in [0.4, 0.5) is 13.2 Å². The standard InChI is InChI=1S/C16H21F3N2O2S/c1-2-3-7-10-24(12-13-8-5-4-6-9-13)20-14(22)11-15(23,21-24)16(17,18)19/h4-6,8-9,23H,2-3,7,10-12H2,1H3. The van der Waals surface area contributed by atoms with Crippen LogP contribution in [0.15, 0.2) is 39.1 Å². The van der Waals surface area contributed by atoms with Gasteiger partial charge in [0.1, 0.15) is 0 Å². The van der Waals surface area contributed by atoms with Gasteiger partial charge in [-0.15, -0.1) is 0 Å². The fourth-order valence-corrected chi connectivity index (χ4v) is 5.63. The number of rotatable bonds is 6. The van der Waals surface area contributed by atoms with Crippen molar-refractivity contribution in [2.75, 3.05) is 5.75 Å². The maximum absolute atomic E-state index is 13.2. The number of unbranched alkanes of at least 4 members (excludes halogenated alkanes) is 2. The summed E-state index contributed by atoms with van der Waals surface area (Å²) in [7, 11) is -2.63. The third kappa shape index (κ3) is 4.36. The van der Waals surface area contributed by atoms with E-state index < -0.39 is 33.9 Å². The Hall–Kier alpha value is -1.41. The summed E-state index contributed by atoms with van der Waals surface area (Å²) in [6.45, 7) is 1.98. The van der Waals surface area contributed by atoms with Crippen LogP contribution in [0, 0.1) is 0 Å². The molecule has 0 spiro atoms. The van der Waals surface area contributed by atoms with Crippen molar-refractivity contribution in [2.45, 2.75) is 50.3 Å². The number of carbonyl (C=O) groups excluding carboxylic acids is 1. The van der Waals surface area contributed by atoms with Gasteiger partial charge in [-0.25, -0.2) is 4.36 Å². The van der Waals surface area contributed by atoms with E-state index in [4.69, 9.17) is 0 Å². The first-order valence-corrected chi connectivity index (χ1v) is 9.70. The average molecular weight is 362 g/mol. The van der Waals surface area contributed by atoms with E-state index in [9.17, 15) is 23.1 Å². The summed E-state index contributed by atoms with van der Waals surface area (Å²) in [6.07, 6.45) is -3.80. The number of hydrogen-bond acceptors (Lipinski definition) is 3. The molecule has 8 heteroatoms. The van der Waals surface area contributed by atoms with Crippen LogP contribution in [0.5, 0.6) is 0 Å². The van der Waals surface area contributed by atoms with E-state index in [0.29, 0.717) is 6.42 Å². The molecule has 1 aliphatic rings. The van der Waals surface area contributed by atoms with Gasteiger partial charge in [0, 0.05) is 11.5 Å². The van der Waals surface area contributed by atoms with Crippen LogP contribution in [-0.4, -0.2) is 28.7 Å². The molecule has 0 radical (unpaired) electrons.